The zero-order chi connectivity index (χ0) is 45.8. The largest absolute Gasteiger partial charge is 0.462 e. The third-order valence-corrected chi connectivity index (χ3v) is 10.3. The molecule has 0 N–H and O–H groups in total. The van der Waals surface area contributed by atoms with Gasteiger partial charge in [-0.25, -0.2) is 0 Å². The van der Waals surface area contributed by atoms with E-state index in [1.165, 1.54) is 83.5 Å². The minimum atomic E-state index is -0.845. The SMILES string of the molecule is CC/C=C/C/C=C/C/C=C/C/C=C/C/C=C/CCC(=O)OCC(COC(=O)CC/C=C/C/C=C/CCCCCCCC)OC(=O)CCCCC/C=C/C=C/CCCCCCCCC. The summed E-state index contributed by atoms with van der Waals surface area (Å²) < 4.78 is 16.6. The Hall–Kier alpha value is -3.93. The Balaban J connectivity index is 4.62. The Morgan fingerprint density at radius 3 is 1.13 bits per heavy atom. The van der Waals surface area contributed by atoms with Gasteiger partial charge in [-0.1, -0.05) is 207 Å². The molecule has 0 spiro atoms. The molecule has 0 fully saturated rings. The van der Waals surface area contributed by atoms with Crippen LogP contribution >= 0.6 is 0 Å². The van der Waals surface area contributed by atoms with Crippen LogP contribution in [0.2, 0.25) is 0 Å². The zero-order valence-electron chi connectivity index (χ0n) is 40.5. The fourth-order valence-electron chi connectivity index (χ4n) is 6.47. The first kappa shape index (κ1) is 59.1. The highest BCUT2D eigenvalue weighted by molar-refractivity contribution is 5.71. The highest BCUT2D eigenvalue weighted by atomic mass is 16.6. The number of hydrogen-bond donors (Lipinski definition) is 0. The lowest BCUT2D eigenvalue weighted by molar-refractivity contribution is -0.166. The van der Waals surface area contributed by atoms with Crippen LogP contribution in [0, 0.1) is 0 Å². The van der Waals surface area contributed by atoms with Gasteiger partial charge in [-0.3, -0.25) is 14.4 Å². The summed E-state index contributed by atoms with van der Waals surface area (Å²) in [5, 5.41) is 0. The summed E-state index contributed by atoms with van der Waals surface area (Å²) >= 11 is 0. The highest BCUT2D eigenvalue weighted by Gasteiger charge is 2.19. The van der Waals surface area contributed by atoms with Crippen LogP contribution in [-0.4, -0.2) is 37.2 Å². The predicted octanol–water partition coefficient (Wildman–Crippen LogP) is 16.8. The number of esters is 3. The molecule has 1 atom stereocenters. The molecular formula is C57H92O6. The fraction of sp³-hybridized carbons (Fsp3) is 0.632. The van der Waals surface area contributed by atoms with E-state index >= 15 is 0 Å². The van der Waals surface area contributed by atoms with Crippen LogP contribution in [0.3, 0.4) is 0 Å². The molecule has 1 unspecified atom stereocenters. The normalized spacial score (nSPS) is 13.0. The van der Waals surface area contributed by atoms with E-state index in [0.717, 1.165) is 70.6 Å². The molecule has 0 heterocycles. The van der Waals surface area contributed by atoms with Crippen LogP contribution in [0.25, 0.3) is 0 Å². The molecule has 0 bridgehead atoms. The van der Waals surface area contributed by atoms with Crippen LogP contribution in [0.1, 0.15) is 213 Å². The van der Waals surface area contributed by atoms with E-state index in [4.69, 9.17) is 14.2 Å². The molecule has 0 saturated carbocycles. The standard InChI is InChI=1S/C57H92O6/c1-4-7-10-13-16-19-22-25-27-29-32-35-38-41-44-47-50-56(59)62-53-54(52-61-55(58)49-46-43-40-37-34-31-24-21-18-15-12-9-6-3)63-57(60)51-48-45-42-39-36-33-30-28-26-23-20-17-14-11-8-5-2/h7,10,16,19,25,27-28,30-36,40-41,43-44,54H,4-6,8-9,11-15,17-18,20-24,26,29,37-39,42,45-53H2,1-3H3/b10-7+,19-16+,27-25+,30-28+,34-31+,35-32+,36-33+,43-40+,44-41+. The molecule has 0 amide bonds. The Bertz CT molecular complexity index is 1330. The van der Waals surface area contributed by atoms with Crippen LogP contribution in [0.15, 0.2) is 109 Å². The van der Waals surface area contributed by atoms with Crippen molar-refractivity contribution in [3.63, 3.8) is 0 Å². The molecule has 0 aromatic carbocycles. The monoisotopic (exact) mass is 873 g/mol. The van der Waals surface area contributed by atoms with Crippen LogP contribution in [-0.2, 0) is 28.6 Å². The molecule has 0 radical (unpaired) electrons. The topological polar surface area (TPSA) is 78.9 Å². The summed E-state index contributed by atoms with van der Waals surface area (Å²) in [6.07, 6.45) is 68.1. The second kappa shape index (κ2) is 50.7. The van der Waals surface area contributed by atoms with Crippen molar-refractivity contribution in [1.29, 1.82) is 0 Å². The first-order valence-electron chi connectivity index (χ1n) is 25.4. The third-order valence-electron chi connectivity index (χ3n) is 10.3. The first-order chi connectivity index (χ1) is 31.0. The van der Waals surface area contributed by atoms with Gasteiger partial charge in [0.05, 0.1) is 0 Å². The highest BCUT2D eigenvalue weighted by Crippen LogP contribution is 2.11. The van der Waals surface area contributed by atoms with Crippen molar-refractivity contribution >= 4 is 17.9 Å². The lowest BCUT2D eigenvalue weighted by atomic mass is 10.1. The molecule has 63 heavy (non-hydrogen) atoms. The van der Waals surface area contributed by atoms with Crippen molar-refractivity contribution in [2.24, 2.45) is 0 Å². The van der Waals surface area contributed by atoms with Gasteiger partial charge in [0, 0.05) is 19.3 Å². The lowest BCUT2D eigenvalue weighted by Crippen LogP contribution is -2.30. The van der Waals surface area contributed by atoms with Gasteiger partial charge >= 0.3 is 17.9 Å². The Kier molecular flexibility index (Phi) is 47.5. The predicted molar refractivity (Wildman–Crippen MR) is 270 cm³/mol. The van der Waals surface area contributed by atoms with E-state index in [-0.39, 0.29) is 50.4 Å². The quantitative estimate of drug-likeness (QED) is 0.0199. The van der Waals surface area contributed by atoms with Gasteiger partial charge in [-0.05, 0) is 96.3 Å². The number of carbonyl (C=O) groups is 3. The second-order valence-corrected chi connectivity index (χ2v) is 16.4. The van der Waals surface area contributed by atoms with Crippen molar-refractivity contribution < 1.29 is 28.6 Å². The van der Waals surface area contributed by atoms with E-state index in [0.29, 0.717) is 19.3 Å². The smallest absolute Gasteiger partial charge is 0.306 e. The number of rotatable bonds is 44. The van der Waals surface area contributed by atoms with Crippen molar-refractivity contribution in [3.8, 4) is 0 Å². The molecule has 0 rings (SSSR count). The minimum Gasteiger partial charge on any atom is -0.462 e. The van der Waals surface area contributed by atoms with Gasteiger partial charge < -0.3 is 14.2 Å². The molecule has 0 aromatic rings. The summed E-state index contributed by atoms with van der Waals surface area (Å²) in [5.41, 5.74) is 0. The Morgan fingerprint density at radius 2 is 0.698 bits per heavy atom. The first-order valence-corrected chi connectivity index (χ1v) is 25.4. The van der Waals surface area contributed by atoms with Crippen LogP contribution in [0.5, 0.6) is 0 Å². The molecule has 0 aliphatic heterocycles. The molecule has 0 aliphatic carbocycles. The van der Waals surface area contributed by atoms with E-state index in [2.05, 4.69) is 112 Å². The van der Waals surface area contributed by atoms with Crippen molar-refractivity contribution in [1.82, 2.24) is 0 Å². The van der Waals surface area contributed by atoms with E-state index in [1.807, 2.05) is 18.2 Å². The Labute approximate surface area is 387 Å². The molecular weight excluding hydrogens is 781 g/mol. The van der Waals surface area contributed by atoms with Gasteiger partial charge in [0.25, 0.3) is 0 Å². The Morgan fingerprint density at radius 1 is 0.349 bits per heavy atom. The molecule has 6 heteroatoms. The maximum Gasteiger partial charge on any atom is 0.306 e. The van der Waals surface area contributed by atoms with Crippen molar-refractivity contribution in [3.05, 3.63) is 109 Å². The maximum absolute atomic E-state index is 12.8. The number of ether oxygens (including phenoxy) is 3. The summed E-state index contributed by atoms with van der Waals surface area (Å²) in [6.45, 7) is 6.35. The van der Waals surface area contributed by atoms with Gasteiger partial charge in [0.1, 0.15) is 13.2 Å². The summed E-state index contributed by atoms with van der Waals surface area (Å²) in [6, 6.07) is 0. The molecule has 0 aromatic heterocycles. The van der Waals surface area contributed by atoms with E-state index in [1.54, 1.807) is 0 Å². The lowest BCUT2D eigenvalue weighted by Gasteiger charge is -2.18. The third kappa shape index (κ3) is 49.0. The van der Waals surface area contributed by atoms with Gasteiger partial charge in [-0.2, -0.15) is 0 Å². The zero-order valence-corrected chi connectivity index (χ0v) is 40.5. The molecule has 6 nitrogen and oxygen atoms in total. The number of unbranched alkanes of at least 4 members (excludes halogenated alkanes) is 16. The van der Waals surface area contributed by atoms with E-state index < -0.39 is 6.10 Å². The number of hydrogen-bond acceptors (Lipinski definition) is 6. The van der Waals surface area contributed by atoms with Crippen molar-refractivity contribution in [2.45, 2.75) is 219 Å². The number of allylic oxidation sites excluding steroid dienone is 18. The molecule has 0 aliphatic rings. The van der Waals surface area contributed by atoms with Gasteiger partial charge in [-0.15, -0.1) is 0 Å². The van der Waals surface area contributed by atoms with E-state index in [9.17, 15) is 14.4 Å². The number of carbonyl (C=O) groups excluding carboxylic acids is 3. The average molecular weight is 873 g/mol. The van der Waals surface area contributed by atoms with Crippen LogP contribution < -0.4 is 0 Å². The minimum absolute atomic E-state index is 0.144. The summed E-state index contributed by atoms with van der Waals surface area (Å²) in [7, 11) is 0. The average Bonchev–Trinajstić information content (AvgIpc) is 3.28. The van der Waals surface area contributed by atoms with Gasteiger partial charge in [0.15, 0.2) is 6.10 Å². The molecule has 0 saturated heterocycles. The maximum atomic E-state index is 12.8. The van der Waals surface area contributed by atoms with Gasteiger partial charge in [0.2, 0.25) is 0 Å². The second-order valence-electron chi connectivity index (χ2n) is 16.4. The van der Waals surface area contributed by atoms with Crippen molar-refractivity contribution in [2.75, 3.05) is 13.2 Å². The summed E-state index contributed by atoms with van der Waals surface area (Å²) in [5.74, 6) is -1.12. The fourth-order valence-corrected chi connectivity index (χ4v) is 6.47. The van der Waals surface area contributed by atoms with Crippen LogP contribution in [0.4, 0.5) is 0 Å². The molecule has 356 valence electrons. The summed E-state index contributed by atoms with van der Waals surface area (Å²) in [4.78, 5) is 37.9.